The van der Waals surface area contributed by atoms with Crippen LogP contribution in [0.3, 0.4) is 0 Å². The van der Waals surface area contributed by atoms with Crippen LogP contribution in [-0.4, -0.2) is 38.2 Å². The van der Waals surface area contributed by atoms with Gasteiger partial charge in [0.05, 0.1) is 14.2 Å². The van der Waals surface area contributed by atoms with Gasteiger partial charge in [0.1, 0.15) is 5.82 Å². The van der Waals surface area contributed by atoms with E-state index in [0.29, 0.717) is 43.1 Å². The number of rotatable bonds is 5. The first-order valence-electron chi connectivity index (χ1n) is 8.72. The van der Waals surface area contributed by atoms with Crippen LogP contribution in [0.4, 0.5) is 9.18 Å². The summed E-state index contributed by atoms with van der Waals surface area (Å²) >= 11 is 3.34. The highest BCUT2D eigenvalue weighted by atomic mass is 79.9. The van der Waals surface area contributed by atoms with Crippen molar-refractivity contribution in [3.05, 3.63) is 57.3 Å². The van der Waals surface area contributed by atoms with Gasteiger partial charge in [0.25, 0.3) is 0 Å². The maximum Gasteiger partial charge on any atom is 0.317 e. The number of methoxy groups -OCH3 is 2. The third-order valence-corrected chi connectivity index (χ3v) is 5.18. The van der Waals surface area contributed by atoms with E-state index in [1.165, 1.54) is 6.07 Å². The normalized spacial score (nSPS) is 13.1. The van der Waals surface area contributed by atoms with E-state index in [-0.39, 0.29) is 11.8 Å². The Bertz CT molecular complexity index is 844. The van der Waals surface area contributed by atoms with Gasteiger partial charge in [-0.3, -0.25) is 0 Å². The standard InChI is InChI=1S/C20H22BrFN2O3/c1-26-18-10-13-6-8-24(12-15(13)11-19(18)27-2)20(25)23-7-5-14-9-16(21)3-4-17(14)22/h3-4,9-11H,5-8,12H2,1-2H3,(H,23,25). The fraction of sp³-hybridized carbons (Fsp3) is 0.350. The molecule has 27 heavy (non-hydrogen) atoms. The summed E-state index contributed by atoms with van der Waals surface area (Å²) in [7, 11) is 3.21. The lowest BCUT2D eigenvalue weighted by Gasteiger charge is -2.29. The second kappa shape index (κ2) is 8.61. The minimum absolute atomic E-state index is 0.147. The first-order valence-corrected chi connectivity index (χ1v) is 9.51. The predicted molar refractivity (Wildman–Crippen MR) is 105 cm³/mol. The summed E-state index contributed by atoms with van der Waals surface area (Å²) in [5.74, 6) is 1.09. The molecule has 1 N–H and O–H groups in total. The number of urea groups is 1. The van der Waals surface area contributed by atoms with Gasteiger partial charge in [-0.05, 0) is 59.9 Å². The van der Waals surface area contributed by atoms with Crippen molar-refractivity contribution in [3.63, 3.8) is 0 Å². The van der Waals surface area contributed by atoms with Gasteiger partial charge < -0.3 is 19.7 Å². The Balaban J connectivity index is 1.60. The molecule has 0 radical (unpaired) electrons. The number of ether oxygens (including phenoxy) is 2. The van der Waals surface area contributed by atoms with Crippen LogP contribution in [-0.2, 0) is 19.4 Å². The Morgan fingerprint density at radius 3 is 2.59 bits per heavy atom. The van der Waals surface area contributed by atoms with Gasteiger partial charge >= 0.3 is 6.03 Å². The number of benzene rings is 2. The third kappa shape index (κ3) is 4.53. The summed E-state index contributed by atoms with van der Waals surface area (Å²) < 4.78 is 25.3. The van der Waals surface area contributed by atoms with Crippen LogP contribution < -0.4 is 14.8 Å². The highest BCUT2D eigenvalue weighted by Gasteiger charge is 2.22. The fourth-order valence-corrected chi connectivity index (χ4v) is 3.62. The van der Waals surface area contributed by atoms with Crippen LogP contribution in [0.5, 0.6) is 11.5 Å². The summed E-state index contributed by atoms with van der Waals surface area (Å²) in [6.07, 6.45) is 1.19. The van der Waals surface area contributed by atoms with Gasteiger partial charge in [0, 0.05) is 24.1 Å². The molecule has 0 atom stereocenters. The molecule has 0 saturated heterocycles. The number of fused-ring (bicyclic) bond motifs is 1. The van der Waals surface area contributed by atoms with Crippen LogP contribution in [0.2, 0.25) is 0 Å². The lowest BCUT2D eigenvalue weighted by atomic mass is 9.99. The average Bonchev–Trinajstić information content (AvgIpc) is 2.68. The van der Waals surface area contributed by atoms with Gasteiger partial charge in [-0.15, -0.1) is 0 Å². The molecule has 1 aliphatic heterocycles. The molecule has 0 saturated carbocycles. The van der Waals surface area contributed by atoms with Crippen LogP contribution in [0.25, 0.3) is 0 Å². The first kappa shape index (κ1) is 19.5. The van der Waals surface area contributed by atoms with E-state index >= 15 is 0 Å². The van der Waals surface area contributed by atoms with Crippen molar-refractivity contribution in [1.29, 1.82) is 0 Å². The molecule has 0 bridgehead atoms. The van der Waals surface area contributed by atoms with Crippen molar-refractivity contribution in [2.45, 2.75) is 19.4 Å². The van der Waals surface area contributed by atoms with Crippen molar-refractivity contribution < 1.29 is 18.7 Å². The minimum Gasteiger partial charge on any atom is -0.493 e. The highest BCUT2D eigenvalue weighted by Crippen LogP contribution is 2.33. The van der Waals surface area contributed by atoms with Gasteiger partial charge in [0.2, 0.25) is 0 Å². The number of nitrogens with zero attached hydrogens (tertiary/aromatic N) is 1. The average molecular weight is 437 g/mol. The van der Waals surface area contributed by atoms with Crippen molar-refractivity contribution in [2.75, 3.05) is 27.3 Å². The van der Waals surface area contributed by atoms with Crippen LogP contribution in [0, 0.1) is 5.82 Å². The number of amides is 2. The Morgan fingerprint density at radius 2 is 1.89 bits per heavy atom. The molecule has 7 heteroatoms. The molecule has 0 unspecified atom stereocenters. The molecule has 3 rings (SSSR count). The molecule has 1 heterocycles. The lowest BCUT2D eigenvalue weighted by Crippen LogP contribution is -2.43. The first-order chi connectivity index (χ1) is 13.0. The fourth-order valence-electron chi connectivity index (χ4n) is 3.21. The summed E-state index contributed by atoms with van der Waals surface area (Å²) in [6, 6.07) is 8.56. The molecule has 144 valence electrons. The topological polar surface area (TPSA) is 50.8 Å². The Kier molecular flexibility index (Phi) is 6.21. The summed E-state index contributed by atoms with van der Waals surface area (Å²) in [6.45, 7) is 1.51. The minimum atomic E-state index is -0.264. The molecule has 0 fully saturated rings. The number of carbonyl (C=O) groups excluding carboxylic acids is 1. The highest BCUT2D eigenvalue weighted by molar-refractivity contribution is 9.10. The SMILES string of the molecule is COc1cc2c(cc1OC)CN(C(=O)NCCc1cc(Br)ccc1F)CC2. The number of hydrogen-bond donors (Lipinski definition) is 1. The van der Waals surface area contributed by atoms with Crippen LogP contribution in [0.1, 0.15) is 16.7 Å². The van der Waals surface area contributed by atoms with Crippen molar-refractivity contribution in [1.82, 2.24) is 10.2 Å². The number of carbonyl (C=O) groups is 1. The van der Waals surface area contributed by atoms with E-state index in [4.69, 9.17) is 9.47 Å². The smallest absolute Gasteiger partial charge is 0.317 e. The van der Waals surface area contributed by atoms with Gasteiger partial charge in [0.15, 0.2) is 11.5 Å². The van der Waals surface area contributed by atoms with E-state index in [1.807, 2.05) is 12.1 Å². The predicted octanol–water partition coefficient (Wildman–Crippen LogP) is 3.92. The summed E-state index contributed by atoms with van der Waals surface area (Å²) in [4.78, 5) is 14.2. The molecular weight excluding hydrogens is 415 g/mol. The van der Waals surface area contributed by atoms with Gasteiger partial charge in [-0.25, -0.2) is 9.18 Å². The van der Waals surface area contributed by atoms with Crippen molar-refractivity contribution in [3.8, 4) is 11.5 Å². The summed E-state index contributed by atoms with van der Waals surface area (Å²) in [5.41, 5.74) is 2.78. The monoisotopic (exact) mass is 436 g/mol. The van der Waals surface area contributed by atoms with Gasteiger partial charge in [-0.1, -0.05) is 15.9 Å². The molecular formula is C20H22BrFN2O3. The zero-order valence-corrected chi connectivity index (χ0v) is 16.9. The summed E-state index contributed by atoms with van der Waals surface area (Å²) in [5, 5.41) is 2.88. The van der Waals surface area contributed by atoms with E-state index in [2.05, 4.69) is 21.2 Å². The zero-order chi connectivity index (χ0) is 19.4. The van der Waals surface area contributed by atoms with Crippen molar-refractivity contribution >= 4 is 22.0 Å². The van der Waals surface area contributed by atoms with E-state index in [9.17, 15) is 9.18 Å². The molecule has 0 spiro atoms. The van der Waals surface area contributed by atoms with Crippen LogP contribution in [0.15, 0.2) is 34.8 Å². The van der Waals surface area contributed by atoms with Crippen LogP contribution >= 0.6 is 15.9 Å². The van der Waals surface area contributed by atoms with Crippen molar-refractivity contribution in [2.24, 2.45) is 0 Å². The molecule has 2 aromatic rings. The number of hydrogen-bond acceptors (Lipinski definition) is 3. The molecule has 0 aliphatic carbocycles. The van der Waals surface area contributed by atoms with E-state index < -0.39 is 0 Å². The molecule has 5 nitrogen and oxygen atoms in total. The largest absolute Gasteiger partial charge is 0.493 e. The Hall–Kier alpha value is -2.28. The molecule has 2 amide bonds. The third-order valence-electron chi connectivity index (χ3n) is 4.68. The Labute approximate surface area is 166 Å². The Morgan fingerprint density at radius 1 is 1.19 bits per heavy atom. The molecule has 0 aromatic heterocycles. The van der Waals surface area contributed by atoms with Gasteiger partial charge in [-0.2, -0.15) is 0 Å². The number of halogens is 2. The maximum atomic E-state index is 13.8. The molecule has 2 aromatic carbocycles. The van der Waals surface area contributed by atoms with E-state index in [1.54, 1.807) is 31.3 Å². The number of nitrogens with one attached hydrogen (secondary N) is 1. The second-order valence-electron chi connectivity index (χ2n) is 6.37. The zero-order valence-electron chi connectivity index (χ0n) is 15.4. The van der Waals surface area contributed by atoms with E-state index in [0.717, 1.165) is 22.0 Å². The molecule has 1 aliphatic rings. The quantitative estimate of drug-likeness (QED) is 0.772. The maximum absolute atomic E-state index is 13.8. The lowest BCUT2D eigenvalue weighted by molar-refractivity contribution is 0.192. The second-order valence-corrected chi connectivity index (χ2v) is 7.28.